The van der Waals surface area contributed by atoms with Crippen LogP contribution in [0.15, 0.2) is 30.7 Å². The number of amides is 1. The van der Waals surface area contributed by atoms with Gasteiger partial charge in [0.1, 0.15) is 13.2 Å². The summed E-state index contributed by atoms with van der Waals surface area (Å²) in [6, 6.07) is 3.51. The van der Waals surface area contributed by atoms with Crippen LogP contribution in [-0.4, -0.2) is 58.8 Å². The molecule has 4 rings (SSSR count). The van der Waals surface area contributed by atoms with Crippen LogP contribution in [0.25, 0.3) is 11.3 Å². The molecule has 0 aromatic carbocycles. The van der Waals surface area contributed by atoms with Crippen LogP contribution >= 0.6 is 0 Å². The second kappa shape index (κ2) is 9.90. The van der Waals surface area contributed by atoms with Crippen molar-refractivity contribution >= 4 is 11.6 Å². The summed E-state index contributed by atoms with van der Waals surface area (Å²) in [4.78, 5) is 23.4. The lowest BCUT2D eigenvalue weighted by Crippen LogP contribution is -2.23. The minimum absolute atomic E-state index is 0.115. The quantitative estimate of drug-likeness (QED) is 0.421. The normalized spacial score (nSPS) is 13.3. The van der Waals surface area contributed by atoms with Crippen molar-refractivity contribution in [2.75, 3.05) is 31.8 Å². The topological polar surface area (TPSA) is 91.6 Å². The molecular weight excluding hydrogens is 467 g/mol. The minimum atomic E-state index is -4.41. The van der Waals surface area contributed by atoms with Crippen LogP contribution in [0.4, 0.5) is 18.9 Å². The van der Waals surface area contributed by atoms with E-state index in [1.54, 1.807) is 25.3 Å². The zero-order valence-electron chi connectivity index (χ0n) is 19.4. The molecule has 3 aromatic heterocycles. The summed E-state index contributed by atoms with van der Waals surface area (Å²) >= 11 is 0. The first-order chi connectivity index (χ1) is 16.7. The van der Waals surface area contributed by atoms with Crippen LogP contribution < -0.4 is 14.4 Å². The number of ether oxygens (including phenoxy) is 3. The van der Waals surface area contributed by atoms with Crippen LogP contribution in [0.2, 0.25) is 0 Å². The number of rotatable bonds is 9. The second-order valence-electron chi connectivity index (χ2n) is 7.83. The summed E-state index contributed by atoms with van der Waals surface area (Å²) in [6.07, 6.45) is -0.368. The molecule has 0 radical (unpaired) electrons. The lowest BCUT2D eigenvalue weighted by molar-refractivity contribution is -0.142. The van der Waals surface area contributed by atoms with Crippen LogP contribution in [0.1, 0.15) is 28.5 Å². The van der Waals surface area contributed by atoms with Gasteiger partial charge in [0.25, 0.3) is 11.8 Å². The minimum Gasteiger partial charge on any atom is -0.491 e. The standard InChI is InChI=1S/C23H24F3N5O4/c1-4-34-5-6-35-21-19(33-3)8-15(9-27-21)17-7-14(2)20-18(29-17)12-31(22(20)32)16-10-28-30(11-16)13-23(24,25)26/h7-11H,4-6,12-13H2,1-3H3. The van der Waals surface area contributed by atoms with Gasteiger partial charge in [-0.25, -0.2) is 4.98 Å². The van der Waals surface area contributed by atoms with E-state index in [1.807, 2.05) is 6.92 Å². The van der Waals surface area contributed by atoms with Crippen molar-refractivity contribution in [2.45, 2.75) is 33.1 Å². The number of aryl methyl sites for hydroxylation is 1. The van der Waals surface area contributed by atoms with E-state index in [0.717, 1.165) is 4.68 Å². The van der Waals surface area contributed by atoms with Crippen molar-refractivity contribution in [1.29, 1.82) is 0 Å². The second-order valence-corrected chi connectivity index (χ2v) is 7.83. The third-order valence-corrected chi connectivity index (χ3v) is 5.34. The maximum atomic E-state index is 13.0. The Labute approximate surface area is 199 Å². The van der Waals surface area contributed by atoms with Crippen LogP contribution in [0, 0.1) is 6.92 Å². The molecule has 4 heterocycles. The van der Waals surface area contributed by atoms with Gasteiger partial charge in [-0.05, 0) is 31.5 Å². The fraction of sp³-hybridized carbons (Fsp3) is 0.391. The molecule has 3 aromatic rings. The van der Waals surface area contributed by atoms with Crippen LogP contribution in [0.3, 0.4) is 0 Å². The van der Waals surface area contributed by atoms with Gasteiger partial charge in [0, 0.05) is 24.6 Å². The first-order valence-electron chi connectivity index (χ1n) is 10.9. The molecule has 1 amide bonds. The van der Waals surface area contributed by atoms with Gasteiger partial charge in [0.05, 0.1) is 49.1 Å². The average Bonchev–Trinajstić information content (AvgIpc) is 3.39. The van der Waals surface area contributed by atoms with Gasteiger partial charge in [-0.15, -0.1) is 0 Å². The number of aromatic nitrogens is 4. The largest absolute Gasteiger partial charge is 0.491 e. The van der Waals surface area contributed by atoms with Gasteiger partial charge in [0.2, 0.25) is 0 Å². The Balaban J connectivity index is 1.57. The fourth-order valence-corrected chi connectivity index (χ4v) is 3.79. The monoisotopic (exact) mass is 491 g/mol. The van der Waals surface area contributed by atoms with Gasteiger partial charge in [-0.1, -0.05) is 0 Å². The van der Waals surface area contributed by atoms with E-state index < -0.39 is 12.7 Å². The predicted molar refractivity (Wildman–Crippen MR) is 120 cm³/mol. The molecule has 0 saturated heterocycles. The summed E-state index contributed by atoms with van der Waals surface area (Å²) < 4.78 is 55.1. The lowest BCUT2D eigenvalue weighted by atomic mass is 10.1. The highest BCUT2D eigenvalue weighted by atomic mass is 19.4. The van der Waals surface area contributed by atoms with E-state index in [4.69, 9.17) is 14.2 Å². The molecule has 0 saturated carbocycles. The maximum Gasteiger partial charge on any atom is 0.408 e. The van der Waals surface area contributed by atoms with E-state index in [1.165, 1.54) is 24.4 Å². The third-order valence-electron chi connectivity index (χ3n) is 5.34. The molecule has 186 valence electrons. The molecular formula is C23H24F3N5O4. The SMILES string of the molecule is CCOCCOc1ncc(-c2cc(C)c3c(n2)CN(c2cnn(CC(F)(F)F)c2)C3=O)cc1OC. The molecule has 1 aliphatic heterocycles. The van der Waals surface area contributed by atoms with Crippen LogP contribution in [-0.2, 0) is 17.8 Å². The van der Waals surface area contributed by atoms with Gasteiger partial charge < -0.3 is 14.2 Å². The average molecular weight is 491 g/mol. The predicted octanol–water partition coefficient (Wildman–Crippen LogP) is 3.80. The highest BCUT2D eigenvalue weighted by Crippen LogP contribution is 2.34. The summed E-state index contributed by atoms with van der Waals surface area (Å²) in [6.45, 7) is 3.90. The van der Waals surface area contributed by atoms with Crippen molar-refractivity contribution in [2.24, 2.45) is 0 Å². The fourth-order valence-electron chi connectivity index (χ4n) is 3.79. The van der Waals surface area contributed by atoms with E-state index in [0.29, 0.717) is 59.5 Å². The summed E-state index contributed by atoms with van der Waals surface area (Å²) in [5, 5.41) is 3.73. The Hall–Kier alpha value is -3.67. The van der Waals surface area contributed by atoms with Crippen molar-refractivity contribution in [3.05, 3.63) is 47.5 Å². The Morgan fingerprint density at radius 3 is 2.69 bits per heavy atom. The van der Waals surface area contributed by atoms with Crippen molar-refractivity contribution in [1.82, 2.24) is 19.7 Å². The third kappa shape index (κ3) is 5.37. The Morgan fingerprint density at radius 1 is 1.17 bits per heavy atom. The number of carbonyl (C=O) groups is 1. The first kappa shape index (κ1) is 24.5. The number of methoxy groups -OCH3 is 1. The van der Waals surface area contributed by atoms with Gasteiger partial charge in [0.15, 0.2) is 5.75 Å². The lowest BCUT2D eigenvalue weighted by Gasteiger charge is -2.12. The summed E-state index contributed by atoms with van der Waals surface area (Å²) in [5.41, 5.74) is 3.15. The molecule has 1 aliphatic rings. The zero-order valence-corrected chi connectivity index (χ0v) is 19.4. The van der Waals surface area contributed by atoms with E-state index in [-0.39, 0.29) is 18.1 Å². The summed E-state index contributed by atoms with van der Waals surface area (Å²) in [7, 11) is 1.51. The van der Waals surface area contributed by atoms with E-state index in [2.05, 4.69) is 15.1 Å². The number of nitrogens with zero attached hydrogens (tertiary/aromatic N) is 5. The number of pyridine rings is 2. The summed E-state index contributed by atoms with van der Waals surface area (Å²) in [5.74, 6) is 0.414. The smallest absolute Gasteiger partial charge is 0.408 e. The van der Waals surface area contributed by atoms with E-state index >= 15 is 0 Å². The zero-order chi connectivity index (χ0) is 25.2. The highest BCUT2D eigenvalue weighted by Gasteiger charge is 2.34. The number of anilines is 1. The molecule has 0 unspecified atom stereocenters. The Morgan fingerprint density at radius 2 is 1.97 bits per heavy atom. The molecule has 35 heavy (non-hydrogen) atoms. The molecule has 0 bridgehead atoms. The number of fused-ring (bicyclic) bond motifs is 1. The molecule has 0 aliphatic carbocycles. The van der Waals surface area contributed by atoms with Gasteiger partial charge in [-0.3, -0.25) is 19.4 Å². The molecule has 0 atom stereocenters. The van der Waals surface area contributed by atoms with Crippen molar-refractivity contribution < 1.29 is 32.2 Å². The number of alkyl halides is 3. The maximum absolute atomic E-state index is 13.0. The molecule has 9 nitrogen and oxygen atoms in total. The Bertz CT molecular complexity index is 1230. The molecule has 12 heteroatoms. The van der Waals surface area contributed by atoms with E-state index in [9.17, 15) is 18.0 Å². The molecule has 0 N–H and O–H groups in total. The molecule has 0 fully saturated rings. The Kier molecular flexibility index (Phi) is 6.92. The number of hydrogen-bond donors (Lipinski definition) is 0. The number of hydrogen-bond acceptors (Lipinski definition) is 7. The van der Waals surface area contributed by atoms with Crippen molar-refractivity contribution in [3.63, 3.8) is 0 Å². The van der Waals surface area contributed by atoms with Crippen molar-refractivity contribution in [3.8, 4) is 22.9 Å². The van der Waals surface area contributed by atoms with Gasteiger partial charge >= 0.3 is 6.18 Å². The molecule has 0 spiro atoms. The number of carbonyl (C=O) groups excluding carboxylic acids is 1. The highest BCUT2D eigenvalue weighted by molar-refractivity contribution is 6.10. The number of halogens is 3. The van der Waals surface area contributed by atoms with Crippen LogP contribution in [0.5, 0.6) is 11.6 Å². The first-order valence-corrected chi connectivity index (χ1v) is 10.9. The van der Waals surface area contributed by atoms with Gasteiger partial charge in [-0.2, -0.15) is 18.3 Å².